The molecule has 0 aromatic heterocycles. The molecule has 5 heteroatoms. The number of benzene rings is 3. The minimum atomic E-state index is -1.38. The Morgan fingerprint density at radius 2 is 1.48 bits per heavy atom. The largest absolute Gasteiger partial charge is 0.504 e. The summed E-state index contributed by atoms with van der Waals surface area (Å²) in [6.07, 6.45) is 7.12. The number of hydrogen-bond acceptors (Lipinski definition) is 2. The molecule has 0 aliphatic carbocycles. The van der Waals surface area contributed by atoms with Gasteiger partial charge in [0.15, 0.2) is 11.6 Å². The Balaban J connectivity index is 1.69. The van der Waals surface area contributed by atoms with Gasteiger partial charge in [0.25, 0.3) is 0 Å². The Labute approximate surface area is 168 Å². The van der Waals surface area contributed by atoms with Gasteiger partial charge in [-0.1, -0.05) is 57.2 Å². The zero-order valence-electron chi connectivity index (χ0n) is 16.5. The van der Waals surface area contributed by atoms with E-state index in [-0.39, 0.29) is 16.3 Å². The molecule has 0 saturated heterocycles. The lowest BCUT2D eigenvalue weighted by atomic mass is 9.99. The normalized spacial score (nSPS) is 11.2. The summed E-state index contributed by atoms with van der Waals surface area (Å²) < 4.78 is 47.7. The van der Waals surface area contributed by atoms with Gasteiger partial charge in [0, 0.05) is 16.3 Å². The van der Waals surface area contributed by atoms with E-state index in [0.717, 1.165) is 18.9 Å². The number of phenolic OH excluding ortho intramolecular Hbond substituents is 1. The number of unbranched alkanes of at least 4 members (excludes halogenated alkanes) is 5. The standard InChI is InChI=1S/C24H25F3O2/c1-2-3-4-5-6-7-14-29-17-10-8-16(9-11-17)18-12-13-19-20(22(18)26)15-21(25)23(27)24(19)28/h8-13,15,28H,2-7,14H2,1H3. The van der Waals surface area contributed by atoms with Gasteiger partial charge in [-0.05, 0) is 36.2 Å². The lowest BCUT2D eigenvalue weighted by Crippen LogP contribution is -1.97. The van der Waals surface area contributed by atoms with E-state index in [1.54, 1.807) is 24.3 Å². The number of fused-ring (bicyclic) bond motifs is 1. The predicted molar refractivity (Wildman–Crippen MR) is 110 cm³/mol. The van der Waals surface area contributed by atoms with Crippen LogP contribution in [0.4, 0.5) is 13.2 Å². The maximum Gasteiger partial charge on any atom is 0.201 e. The molecule has 0 heterocycles. The number of hydrogen-bond donors (Lipinski definition) is 1. The van der Waals surface area contributed by atoms with E-state index in [2.05, 4.69) is 6.92 Å². The summed E-state index contributed by atoms with van der Waals surface area (Å²) in [6.45, 7) is 2.83. The number of aromatic hydroxyl groups is 1. The second-order valence-electron chi connectivity index (χ2n) is 7.18. The minimum Gasteiger partial charge on any atom is -0.504 e. The molecule has 0 fully saturated rings. The van der Waals surface area contributed by atoms with Gasteiger partial charge in [-0.25, -0.2) is 8.78 Å². The topological polar surface area (TPSA) is 29.5 Å². The van der Waals surface area contributed by atoms with Crippen molar-refractivity contribution < 1.29 is 23.0 Å². The van der Waals surface area contributed by atoms with Crippen LogP contribution >= 0.6 is 0 Å². The maximum atomic E-state index is 14.9. The second kappa shape index (κ2) is 9.68. The van der Waals surface area contributed by atoms with Gasteiger partial charge in [0.05, 0.1) is 6.61 Å². The predicted octanol–water partition coefficient (Wildman–Crippen LogP) is 7.37. The SMILES string of the molecule is CCCCCCCCOc1ccc(-c2ccc3c(O)c(F)c(F)cc3c2F)cc1. The van der Waals surface area contributed by atoms with Crippen LogP contribution in [0.2, 0.25) is 0 Å². The Morgan fingerprint density at radius 1 is 0.793 bits per heavy atom. The van der Waals surface area contributed by atoms with Gasteiger partial charge in [-0.2, -0.15) is 4.39 Å². The molecule has 0 atom stereocenters. The van der Waals surface area contributed by atoms with Crippen molar-refractivity contribution in [1.82, 2.24) is 0 Å². The fourth-order valence-corrected chi connectivity index (χ4v) is 3.39. The Hall–Kier alpha value is -2.69. The van der Waals surface area contributed by atoms with Crippen molar-refractivity contribution in [2.75, 3.05) is 6.61 Å². The van der Waals surface area contributed by atoms with Crippen LogP contribution < -0.4 is 4.74 Å². The van der Waals surface area contributed by atoms with Crippen LogP contribution in [-0.4, -0.2) is 11.7 Å². The summed E-state index contributed by atoms with van der Waals surface area (Å²) in [5.41, 5.74) is 0.825. The zero-order chi connectivity index (χ0) is 20.8. The van der Waals surface area contributed by atoms with Crippen molar-refractivity contribution in [2.45, 2.75) is 45.4 Å². The number of halogens is 3. The molecular weight excluding hydrogens is 377 g/mol. The molecule has 0 amide bonds. The van der Waals surface area contributed by atoms with Crippen LogP contribution in [0.5, 0.6) is 11.5 Å². The Morgan fingerprint density at radius 3 is 2.21 bits per heavy atom. The van der Waals surface area contributed by atoms with E-state index in [4.69, 9.17) is 4.74 Å². The molecule has 3 rings (SSSR count). The average Bonchev–Trinajstić information content (AvgIpc) is 2.73. The third-order valence-electron chi connectivity index (χ3n) is 5.06. The van der Waals surface area contributed by atoms with Crippen LogP contribution in [0.25, 0.3) is 21.9 Å². The number of phenols is 1. The highest BCUT2D eigenvalue weighted by atomic mass is 19.2. The first-order valence-corrected chi connectivity index (χ1v) is 10.0. The summed E-state index contributed by atoms with van der Waals surface area (Å²) in [6, 6.07) is 10.6. The monoisotopic (exact) mass is 402 g/mol. The fraction of sp³-hybridized carbons (Fsp3) is 0.333. The Bertz CT molecular complexity index is 968. The summed E-state index contributed by atoms with van der Waals surface area (Å²) >= 11 is 0. The molecule has 0 radical (unpaired) electrons. The molecular formula is C24H25F3O2. The highest BCUT2D eigenvalue weighted by molar-refractivity contribution is 5.92. The van der Waals surface area contributed by atoms with Crippen LogP contribution in [0.3, 0.4) is 0 Å². The summed E-state index contributed by atoms with van der Waals surface area (Å²) in [7, 11) is 0. The van der Waals surface area contributed by atoms with Crippen LogP contribution in [-0.2, 0) is 0 Å². The van der Waals surface area contributed by atoms with Crippen molar-refractivity contribution in [3.63, 3.8) is 0 Å². The van der Waals surface area contributed by atoms with Crippen LogP contribution in [0.1, 0.15) is 45.4 Å². The first kappa shape index (κ1) is 21.0. The highest BCUT2D eigenvalue weighted by Crippen LogP contribution is 2.36. The van der Waals surface area contributed by atoms with E-state index >= 15 is 0 Å². The van der Waals surface area contributed by atoms with E-state index in [0.29, 0.717) is 17.9 Å². The van der Waals surface area contributed by atoms with E-state index < -0.39 is 23.2 Å². The van der Waals surface area contributed by atoms with Gasteiger partial charge < -0.3 is 9.84 Å². The molecule has 1 N–H and O–H groups in total. The van der Waals surface area contributed by atoms with E-state index in [1.807, 2.05) is 0 Å². The van der Waals surface area contributed by atoms with Gasteiger partial charge in [0.1, 0.15) is 11.6 Å². The average molecular weight is 402 g/mol. The van der Waals surface area contributed by atoms with Crippen molar-refractivity contribution in [3.8, 4) is 22.6 Å². The minimum absolute atomic E-state index is 0.0657. The first-order valence-electron chi connectivity index (χ1n) is 10.0. The van der Waals surface area contributed by atoms with Gasteiger partial charge in [0.2, 0.25) is 5.82 Å². The molecule has 0 aliphatic heterocycles. The second-order valence-corrected chi connectivity index (χ2v) is 7.18. The summed E-state index contributed by atoms with van der Waals surface area (Å²) in [4.78, 5) is 0. The van der Waals surface area contributed by atoms with Crippen molar-refractivity contribution >= 4 is 10.8 Å². The lowest BCUT2D eigenvalue weighted by molar-refractivity contribution is 0.304. The van der Waals surface area contributed by atoms with Crippen molar-refractivity contribution in [1.29, 1.82) is 0 Å². The van der Waals surface area contributed by atoms with Crippen molar-refractivity contribution in [2.24, 2.45) is 0 Å². The van der Waals surface area contributed by atoms with Gasteiger partial charge >= 0.3 is 0 Å². The maximum absolute atomic E-state index is 14.9. The molecule has 29 heavy (non-hydrogen) atoms. The molecule has 3 aromatic carbocycles. The number of ether oxygens (including phenoxy) is 1. The summed E-state index contributed by atoms with van der Waals surface area (Å²) in [5.74, 6) is -3.56. The molecule has 3 aromatic rings. The first-order chi connectivity index (χ1) is 14.0. The molecule has 0 bridgehead atoms. The molecule has 0 saturated carbocycles. The molecule has 0 aliphatic rings. The highest BCUT2D eigenvalue weighted by Gasteiger charge is 2.17. The third-order valence-corrected chi connectivity index (χ3v) is 5.06. The zero-order valence-corrected chi connectivity index (χ0v) is 16.5. The molecule has 2 nitrogen and oxygen atoms in total. The Kier molecular flexibility index (Phi) is 7.02. The number of rotatable bonds is 9. The van der Waals surface area contributed by atoms with Gasteiger partial charge in [-0.15, -0.1) is 0 Å². The fourth-order valence-electron chi connectivity index (χ4n) is 3.39. The van der Waals surface area contributed by atoms with Crippen LogP contribution in [0, 0.1) is 17.5 Å². The molecule has 154 valence electrons. The van der Waals surface area contributed by atoms with Crippen molar-refractivity contribution in [3.05, 3.63) is 59.9 Å². The molecule has 0 unspecified atom stereocenters. The summed E-state index contributed by atoms with van der Waals surface area (Å²) in [5, 5.41) is 9.50. The molecule has 0 spiro atoms. The van der Waals surface area contributed by atoms with E-state index in [9.17, 15) is 18.3 Å². The van der Waals surface area contributed by atoms with Crippen LogP contribution in [0.15, 0.2) is 42.5 Å². The smallest absolute Gasteiger partial charge is 0.201 e. The van der Waals surface area contributed by atoms with Gasteiger partial charge in [-0.3, -0.25) is 0 Å². The quantitative estimate of drug-likeness (QED) is 0.379. The third kappa shape index (κ3) is 4.84. The van der Waals surface area contributed by atoms with E-state index in [1.165, 1.54) is 37.8 Å². The lowest BCUT2D eigenvalue weighted by Gasteiger charge is -2.11.